The zero-order chi connectivity index (χ0) is 18.5. The first-order valence-electron chi connectivity index (χ1n) is 8.37. The molecule has 1 saturated heterocycles. The third-order valence-corrected chi connectivity index (χ3v) is 4.45. The van der Waals surface area contributed by atoms with Gasteiger partial charge in [-0.05, 0) is 36.6 Å². The minimum Gasteiger partial charge on any atom is -0.466 e. The molecule has 1 aliphatic heterocycles. The van der Waals surface area contributed by atoms with Gasteiger partial charge in [0.25, 0.3) is 5.69 Å². The van der Waals surface area contributed by atoms with Crippen molar-refractivity contribution in [2.24, 2.45) is 0 Å². The van der Waals surface area contributed by atoms with Crippen molar-refractivity contribution in [3.63, 3.8) is 0 Å². The van der Waals surface area contributed by atoms with Gasteiger partial charge < -0.3 is 9.64 Å². The normalized spacial score (nSPS) is 17.4. The molecule has 0 radical (unpaired) electrons. The molecule has 2 heterocycles. The Morgan fingerprint density at radius 1 is 1.46 bits per heavy atom. The smallest absolute Gasteiger partial charge is 0.330 e. The Bertz CT molecular complexity index is 817. The summed E-state index contributed by atoms with van der Waals surface area (Å²) in [6.07, 6.45) is 8.34. The van der Waals surface area contributed by atoms with Crippen molar-refractivity contribution in [1.82, 2.24) is 9.78 Å². The van der Waals surface area contributed by atoms with Gasteiger partial charge in [0.2, 0.25) is 0 Å². The summed E-state index contributed by atoms with van der Waals surface area (Å²) in [6, 6.07) is 7.05. The number of benzene rings is 1. The molecule has 0 aliphatic carbocycles. The largest absolute Gasteiger partial charge is 0.466 e. The topological polar surface area (TPSA) is 90.5 Å². The molecule has 8 heteroatoms. The molecule has 1 aromatic carbocycles. The van der Waals surface area contributed by atoms with E-state index in [0.717, 1.165) is 19.4 Å². The second-order valence-electron chi connectivity index (χ2n) is 6.09. The lowest BCUT2D eigenvalue weighted by molar-refractivity contribution is -0.384. The quantitative estimate of drug-likeness (QED) is 0.354. The molecule has 2 aromatic rings. The summed E-state index contributed by atoms with van der Waals surface area (Å²) in [5, 5.41) is 15.9. The second-order valence-corrected chi connectivity index (χ2v) is 6.09. The van der Waals surface area contributed by atoms with E-state index in [9.17, 15) is 14.9 Å². The summed E-state index contributed by atoms with van der Waals surface area (Å²) in [5.41, 5.74) is 1.19. The molecular formula is C18H20N4O4. The molecule has 136 valence electrons. The number of carbonyl (C=O) groups excluding carboxylic acids is 1. The number of nitro groups is 1. The number of hydrogen-bond acceptors (Lipinski definition) is 6. The summed E-state index contributed by atoms with van der Waals surface area (Å²) >= 11 is 0. The molecule has 8 nitrogen and oxygen atoms in total. The first-order chi connectivity index (χ1) is 12.6. The predicted octanol–water partition coefficient (Wildman–Crippen LogP) is 2.82. The third-order valence-electron chi connectivity index (χ3n) is 4.45. The fourth-order valence-electron chi connectivity index (χ4n) is 3.18. The molecule has 0 spiro atoms. The van der Waals surface area contributed by atoms with Crippen molar-refractivity contribution < 1.29 is 14.5 Å². The Morgan fingerprint density at radius 2 is 2.31 bits per heavy atom. The highest BCUT2D eigenvalue weighted by atomic mass is 16.6. The van der Waals surface area contributed by atoms with Gasteiger partial charge in [0.1, 0.15) is 5.69 Å². The van der Waals surface area contributed by atoms with E-state index in [1.165, 1.54) is 25.3 Å². The van der Waals surface area contributed by atoms with Crippen molar-refractivity contribution in [3.8, 4) is 0 Å². The number of nitrogens with zero attached hydrogens (tertiary/aromatic N) is 4. The van der Waals surface area contributed by atoms with Crippen LogP contribution in [0.5, 0.6) is 0 Å². The van der Waals surface area contributed by atoms with Crippen LogP contribution in [-0.4, -0.2) is 40.9 Å². The molecule has 1 aliphatic rings. The monoisotopic (exact) mass is 356 g/mol. The molecule has 3 rings (SSSR count). The van der Waals surface area contributed by atoms with Crippen LogP contribution in [0.2, 0.25) is 0 Å². The van der Waals surface area contributed by atoms with Crippen LogP contribution in [0, 0.1) is 10.1 Å². The van der Waals surface area contributed by atoms with Gasteiger partial charge in [-0.15, -0.1) is 0 Å². The molecule has 1 unspecified atom stereocenters. The van der Waals surface area contributed by atoms with E-state index < -0.39 is 5.97 Å². The van der Waals surface area contributed by atoms with Gasteiger partial charge in [0, 0.05) is 37.6 Å². The SMILES string of the molecule is COC(=O)/C=C/c1ccc(N2CCCC(n3cccn3)C2)c([N+](=O)[O-])c1. The van der Waals surface area contributed by atoms with E-state index in [1.807, 2.05) is 21.8 Å². The molecule has 0 amide bonds. The van der Waals surface area contributed by atoms with Gasteiger partial charge in [-0.2, -0.15) is 5.10 Å². The van der Waals surface area contributed by atoms with Gasteiger partial charge >= 0.3 is 5.97 Å². The highest BCUT2D eigenvalue weighted by molar-refractivity contribution is 5.87. The number of rotatable bonds is 5. The molecule has 0 saturated carbocycles. The fourth-order valence-corrected chi connectivity index (χ4v) is 3.18. The van der Waals surface area contributed by atoms with Gasteiger partial charge in [-0.3, -0.25) is 14.8 Å². The number of hydrogen-bond donors (Lipinski definition) is 0. The van der Waals surface area contributed by atoms with Crippen LogP contribution in [0.1, 0.15) is 24.4 Å². The number of methoxy groups -OCH3 is 1. The third kappa shape index (κ3) is 3.90. The van der Waals surface area contributed by atoms with E-state index in [4.69, 9.17) is 0 Å². The number of anilines is 1. The Morgan fingerprint density at radius 3 is 3.00 bits per heavy atom. The van der Waals surface area contributed by atoms with Crippen LogP contribution < -0.4 is 4.90 Å². The van der Waals surface area contributed by atoms with E-state index in [1.54, 1.807) is 18.3 Å². The molecular weight excluding hydrogens is 336 g/mol. The fraction of sp³-hybridized carbons (Fsp3) is 0.333. The molecule has 0 bridgehead atoms. The molecule has 1 atom stereocenters. The number of piperidine rings is 1. The lowest BCUT2D eigenvalue weighted by atomic mass is 10.0. The summed E-state index contributed by atoms with van der Waals surface area (Å²) in [5.74, 6) is -0.505. The van der Waals surface area contributed by atoms with Crippen LogP contribution in [0.4, 0.5) is 11.4 Å². The van der Waals surface area contributed by atoms with Crippen molar-refractivity contribution in [2.75, 3.05) is 25.1 Å². The van der Waals surface area contributed by atoms with Crippen LogP contribution in [0.3, 0.4) is 0 Å². The van der Waals surface area contributed by atoms with E-state index >= 15 is 0 Å². The lowest BCUT2D eigenvalue weighted by Gasteiger charge is -2.34. The van der Waals surface area contributed by atoms with Crippen molar-refractivity contribution in [3.05, 3.63) is 58.4 Å². The maximum atomic E-state index is 11.6. The Kier molecular flexibility index (Phi) is 5.31. The van der Waals surface area contributed by atoms with Crippen LogP contribution >= 0.6 is 0 Å². The predicted molar refractivity (Wildman–Crippen MR) is 96.9 cm³/mol. The van der Waals surface area contributed by atoms with E-state index in [-0.39, 0.29) is 16.7 Å². The Labute approximate surface area is 150 Å². The number of ether oxygens (including phenoxy) is 1. The van der Waals surface area contributed by atoms with Gasteiger partial charge in [0.15, 0.2) is 0 Å². The summed E-state index contributed by atoms with van der Waals surface area (Å²) in [7, 11) is 1.28. The zero-order valence-electron chi connectivity index (χ0n) is 14.4. The maximum Gasteiger partial charge on any atom is 0.330 e. The van der Waals surface area contributed by atoms with Crippen molar-refractivity contribution in [1.29, 1.82) is 0 Å². The number of carbonyl (C=O) groups is 1. The van der Waals surface area contributed by atoms with Crippen molar-refractivity contribution in [2.45, 2.75) is 18.9 Å². The lowest BCUT2D eigenvalue weighted by Crippen LogP contribution is -2.37. The highest BCUT2D eigenvalue weighted by Crippen LogP contribution is 2.33. The number of esters is 1. The Hall–Kier alpha value is -3.16. The van der Waals surface area contributed by atoms with Crippen LogP contribution in [0.15, 0.2) is 42.7 Å². The first kappa shape index (κ1) is 17.7. The first-order valence-corrected chi connectivity index (χ1v) is 8.37. The average Bonchev–Trinajstić information content (AvgIpc) is 3.20. The number of nitro benzene ring substituents is 1. The van der Waals surface area contributed by atoms with Gasteiger partial charge in [0.05, 0.1) is 18.1 Å². The van der Waals surface area contributed by atoms with Crippen LogP contribution in [-0.2, 0) is 9.53 Å². The maximum absolute atomic E-state index is 11.6. The van der Waals surface area contributed by atoms with Crippen molar-refractivity contribution >= 4 is 23.4 Å². The second kappa shape index (κ2) is 7.81. The minimum atomic E-state index is -0.505. The Balaban J connectivity index is 1.85. The zero-order valence-corrected chi connectivity index (χ0v) is 14.4. The molecule has 0 N–H and O–H groups in total. The summed E-state index contributed by atoms with van der Waals surface area (Å²) in [4.78, 5) is 24.4. The minimum absolute atomic E-state index is 0.0260. The summed E-state index contributed by atoms with van der Waals surface area (Å²) < 4.78 is 6.45. The van der Waals surface area contributed by atoms with E-state index in [0.29, 0.717) is 17.8 Å². The average molecular weight is 356 g/mol. The molecule has 26 heavy (non-hydrogen) atoms. The summed E-state index contributed by atoms with van der Waals surface area (Å²) in [6.45, 7) is 1.43. The standard InChI is InChI=1S/C18H20N4O4/c1-26-18(23)8-6-14-5-7-16(17(12-14)22(24)25)20-10-2-4-15(13-20)21-11-3-9-19-21/h3,5-9,11-12,15H,2,4,10,13H2,1H3/b8-6+. The van der Waals surface area contributed by atoms with Gasteiger partial charge in [-0.25, -0.2) is 4.79 Å². The number of aromatic nitrogens is 2. The highest BCUT2D eigenvalue weighted by Gasteiger charge is 2.26. The molecule has 1 fully saturated rings. The van der Waals surface area contributed by atoms with Gasteiger partial charge in [-0.1, -0.05) is 6.07 Å². The van der Waals surface area contributed by atoms with E-state index in [2.05, 4.69) is 9.84 Å². The van der Waals surface area contributed by atoms with Crippen LogP contribution in [0.25, 0.3) is 6.08 Å². The molecule has 1 aromatic heterocycles.